The molecule has 27 heavy (non-hydrogen) atoms. The number of hydrogen-bond donors (Lipinski definition) is 3. The van der Waals surface area contributed by atoms with E-state index in [1.807, 2.05) is 20.0 Å². The molecule has 6 heteroatoms. The summed E-state index contributed by atoms with van der Waals surface area (Å²) in [6.07, 6.45) is 3.51. The maximum absolute atomic E-state index is 6.04. The zero-order valence-corrected chi connectivity index (χ0v) is 16.0. The van der Waals surface area contributed by atoms with Crippen LogP contribution in [0.4, 0.5) is 17.5 Å². The Morgan fingerprint density at radius 1 is 1.11 bits per heavy atom. The molecule has 2 aliphatic heterocycles. The minimum Gasteiger partial charge on any atom is -0.493 e. The van der Waals surface area contributed by atoms with Crippen molar-refractivity contribution in [1.82, 2.24) is 15.3 Å². The van der Waals surface area contributed by atoms with E-state index in [2.05, 4.69) is 38.1 Å². The molecule has 1 aromatic carbocycles. The molecule has 0 spiro atoms. The summed E-state index contributed by atoms with van der Waals surface area (Å²) in [5.41, 5.74) is 4.70. The Kier molecular flexibility index (Phi) is 4.16. The molecule has 142 valence electrons. The number of benzene rings is 1. The Hall–Kier alpha value is -2.34. The van der Waals surface area contributed by atoms with E-state index in [4.69, 9.17) is 4.74 Å². The first kappa shape index (κ1) is 16.8. The summed E-state index contributed by atoms with van der Waals surface area (Å²) in [5.74, 6) is 4.84. The summed E-state index contributed by atoms with van der Waals surface area (Å²) < 4.78 is 6.04. The van der Waals surface area contributed by atoms with Gasteiger partial charge in [-0.05, 0) is 73.9 Å². The van der Waals surface area contributed by atoms with Crippen molar-refractivity contribution in [3.63, 3.8) is 0 Å². The predicted molar refractivity (Wildman–Crippen MR) is 107 cm³/mol. The van der Waals surface area contributed by atoms with Gasteiger partial charge in [-0.1, -0.05) is 0 Å². The molecular formula is C21H27N5O. The molecule has 2 aromatic rings. The molecule has 1 aliphatic carbocycles. The first-order valence-corrected chi connectivity index (χ1v) is 10.0. The van der Waals surface area contributed by atoms with Gasteiger partial charge in [0.15, 0.2) is 0 Å². The molecule has 6 nitrogen and oxygen atoms in total. The second-order valence-corrected chi connectivity index (χ2v) is 8.09. The quantitative estimate of drug-likeness (QED) is 0.773. The fraction of sp³-hybridized carbons (Fsp3) is 0.524. The molecule has 0 bridgehead atoms. The van der Waals surface area contributed by atoms with Crippen LogP contribution in [-0.2, 0) is 6.42 Å². The first-order valence-electron chi connectivity index (χ1n) is 10.0. The van der Waals surface area contributed by atoms with Crippen molar-refractivity contribution in [2.75, 3.05) is 37.4 Å². The van der Waals surface area contributed by atoms with E-state index in [0.717, 1.165) is 47.8 Å². The lowest BCUT2D eigenvalue weighted by Gasteiger charge is -2.18. The summed E-state index contributed by atoms with van der Waals surface area (Å²) in [4.78, 5) is 9.08. The smallest absolute Gasteiger partial charge is 0.229 e. The Morgan fingerprint density at radius 2 is 1.93 bits per heavy atom. The maximum Gasteiger partial charge on any atom is 0.229 e. The molecule has 3 N–H and O–H groups in total. The van der Waals surface area contributed by atoms with Gasteiger partial charge >= 0.3 is 0 Å². The van der Waals surface area contributed by atoms with E-state index < -0.39 is 0 Å². The van der Waals surface area contributed by atoms with Crippen LogP contribution in [0.15, 0.2) is 18.2 Å². The lowest BCUT2D eigenvalue weighted by Crippen LogP contribution is -2.12. The molecule has 0 radical (unpaired) electrons. The highest BCUT2D eigenvalue weighted by atomic mass is 16.5. The number of ether oxygens (including phenoxy) is 1. The van der Waals surface area contributed by atoms with Crippen LogP contribution >= 0.6 is 0 Å². The molecule has 3 heterocycles. The van der Waals surface area contributed by atoms with Gasteiger partial charge in [0, 0.05) is 30.9 Å². The molecule has 1 aromatic heterocycles. The van der Waals surface area contributed by atoms with Crippen LogP contribution in [0.25, 0.3) is 0 Å². The van der Waals surface area contributed by atoms with E-state index in [-0.39, 0.29) is 0 Å². The standard InChI is InChI=1S/C21H27N5O/c1-12-5-19(22-2)26-21(24-12)25-17-8-13-3-4-27-20(13)18(9-17)14-6-15-10-23-11-16(15)7-14/h5,8-9,14-16,23H,3-4,6-7,10-11H2,1-2H3,(H2,22,24,25,26)/t14-,15-,16+. The first-order chi connectivity index (χ1) is 13.2. The number of aromatic nitrogens is 2. The van der Waals surface area contributed by atoms with Gasteiger partial charge in [0.05, 0.1) is 6.61 Å². The molecule has 5 rings (SSSR count). The molecule has 3 atom stereocenters. The van der Waals surface area contributed by atoms with Gasteiger partial charge in [-0.2, -0.15) is 4.98 Å². The van der Waals surface area contributed by atoms with Crippen molar-refractivity contribution in [1.29, 1.82) is 0 Å². The van der Waals surface area contributed by atoms with Crippen molar-refractivity contribution < 1.29 is 4.74 Å². The molecule has 1 saturated heterocycles. The number of aryl methyl sites for hydroxylation is 1. The summed E-state index contributed by atoms with van der Waals surface area (Å²) in [6, 6.07) is 6.42. The van der Waals surface area contributed by atoms with Crippen molar-refractivity contribution >= 4 is 17.5 Å². The van der Waals surface area contributed by atoms with Gasteiger partial charge in [-0.15, -0.1) is 0 Å². The van der Waals surface area contributed by atoms with E-state index >= 15 is 0 Å². The molecule has 2 fully saturated rings. The Labute approximate surface area is 160 Å². The third kappa shape index (κ3) is 3.12. The average molecular weight is 365 g/mol. The predicted octanol–water partition coefficient (Wildman–Crippen LogP) is 3.22. The highest BCUT2D eigenvalue weighted by molar-refractivity contribution is 5.63. The van der Waals surface area contributed by atoms with Crippen molar-refractivity contribution in [2.24, 2.45) is 11.8 Å². The van der Waals surface area contributed by atoms with Crippen LogP contribution in [0.1, 0.15) is 35.6 Å². The Morgan fingerprint density at radius 3 is 2.70 bits per heavy atom. The van der Waals surface area contributed by atoms with E-state index in [0.29, 0.717) is 11.9 Å². The number of nitrogens with zero attached hydrogens (tertiary/aromatic N) is 2. The van der Waals surface area contributed by atoms with Crippen LogP contribution in [0.2, 0.25) is 0 Å². The Balaban J connectivity index is 1.46. The maximum atomic E-state index is 6.04. The van der Waals surface area contributed by atoms with Gasteiger partial charge in [0.1, 0.15) is 11.6 Å². The lowest BCUT2D eigenvalue weighted by atomic mass is 9.92. The van der Waals surface area contributed by atoms with Crippen molar-refractivity contribution in [2.45, 2.75) is 32.1 Å². The van der Waals surface area contributed by atoms with Crippen LogP contribution < -0.4 is 20.7 Å². The van der Waals surface area contributed by atoms with Crippen LogP contribution in [0, 0.1) is 18.8 Å². The van der Waals surface area contributed by atoms with E-state index in [1.165, 1.54) is 37.1 Å². The van der Waals surface area contributed by atoms with Crippen LogP contribution in [0.3, 0.4) is 0 Å². The Bertz CT molecular complexity index is 856. The molecular weight excluding hydrogens is 338 g/mol. The summed E-state index contributed by atoms with van der Waals surface area (Å²) in [5, 5.41) is 10.1. The molecule has 1 saturated carbocycles. The second-order valence-electron chi connectivity index (χ2n) is 8.09. The highest BCUT2D eigenvalue weighted by Gasteiger charge is 2.39. The molecule has 3 aliphatic rings. The second kappa shape index (κ2) is 6.68. The minimum absolute atomic E-state index is 0.599. The minimum atomic E-state index is 0.599. The summed E-state index contributed by atoms with van der Waals surface area (Å²) >= 11 is 0. The van der Waals surface area contributed by atoms with Gasteiger partial charge < -0.3 is 20.7 Å². The monoisotopic (exact) mass is 365 g/mol. The lowest BCUT2D eigenvalue weighted by molar-refractivity contribution is 0.350. The number of fused-ring (bicyclic) bond motifs is 2. The summed E-state index contributed by atoms with van der Waals surface area (Å²) in [6.45, 7) is 5.12. The fourth-order valence-electron chi connectivity index (χ4n) is 5.02. The number of nitrogens with one attached hydrogen (secondary N) is 3. The fourth-order valence-corrected chi connectivity index (χ4v) is 5.02. The number of rotatable bonds is 4. The van der Waals surface area contributed by atoms with Crippen molar-refractivity contribution in [3.05, 3.63) is 35.0 Å². The number of hydrogen-bond acceptors (Lipinski definition) is 6. The van der Waals surface area contributed by atoms with Gasteiger partial charge in [-0.3, -0.25) is 0 Å². The zero-order chi connectivity index (χ0) is 18.4. The average Bonchev–Trinajstić information content (AvgIpc) is 3.36. The molecule has 0 amide bonds. The summed E-state index contributed by atoms with van der Waals surface area (Å²) in [7, 11) is 1.88. The van der Waals surface area contributed by atoms with E-state index in [9.17, 15) is 0 Å². The van der Waals surface area contributed by atoms with E-state index in [1.54, 1.807) is 0 Å². The SMILES string of the molecule is CNc1cc(C)nc(Nc2cc3c(c([C@H]4C[C@H]5CNC[C@H]5C4)c2)OCC3)n1. The third-order valence-corrected chi connectivity index (χ3v) is 6.27. The van der Waals surface area contributed by atoms with Crippen LogP contribution in [0.5, 0.6) is 5.75 Å². The van der Waals surface area contributed by atoms with Crippen molar-refractivity contribution in [3.8, 4) is 5.75 Å². The zero-order valence-electron chi connectivity index (χ0n) is 16.0. The van der Waals surface area contributed by atoms with Gasteiger partial charge in [-0.25, -0.2) is 4.98 Å². The normalized spacial score (nSPS) is 25.8. The number of anilines is 3. The van der Waals surface area contributed by atoms with Gasteiger partial charge in [0.2, 0.25) is 5.95 Å². The topological polar surface area (TPSA) is 71.1 Å². The third-order valence-electron chi connectivity index (χ3n) is 6.27. The van der Waals surface area contributed by atoms with Crippen LogP contribution in [-0.4, -0.2) is 36.7 Å². The molecule has 0 unspecified atom stereocenters. The van der Waals surface area contributed by atoms with Gasteiger partial charge in [0.25, 0.3) is 0 Å². The highest BCUT2D eigenvalue weighted by Crippen LogP contribution is 2.49. The largest absolute Gasteiger partial charge is 0.493 e.